The van der Waals surface area contributed by atoms with Crippen molar-refractivity contribution in [3.63, 3.8) is 0 Å². The summed E-state index contributed by atoms with van der Waals surface area (Å²) in [6.07, 6.45) is 5.08. The highest BCUT2D eigenvalue weighted by atomic mass is 19.1. The number of fused-ring (bicyclic) bond motifs is 1. The van der Waals surface area contributed by atoms with Gasteiger partial charge in [-0.2, -0.15) is 0 Å². The number of aromatic amines is 1. The molecule has 0 aliphatic carbocycles. The largest absolute Gasteiger partial charge is 0.357 e. The van der Waals surface area contributed by atoms with E-state index >= 15 is 0 Å². The first-order chi connectivity index (χ1) is 11.3. The van der Waals surface area contributed by atoms with Crippen LogP contribution in [0.5, 0.6) is 0 Å². The zero-order chi connectivity index (χ0) is 17.4. The Balaban J connectivity index is 1.79. The minimum absolute atomic E-state index is 0.206. The molecular weight excluding hydrogens is 301 g/mol. The van der Waals surface area contributed by atoms with Gasteiger partial charge in [0, 0.05) is 29.2 Å². The van der Waals surface area contributed by atoms with E-state index < -0.39 is 5.54 Å². The number of nitrogens with one attached hydrogen (secondary N) is 1. The highest BCUT2D eigenvalue weighted by Gasteiger charge is 2.31. The summed E-state index contributed by atoms with van der Waals surface area (Å²) in [6, 6.07) is 10.9. The van der Waals surface area contributed by atoms with Crippen molar-refractivity contribution in [1.82, 2.24) is 9.97 Å². The fourth-order valence-electron chi connectivity index (χ4n) is 3.65. The second kappa shape index (κ2) is 6.02. The lowest BCUT2D eigenvalue weighted by Gasteiger charge is -2.35. The first kappa shape index (κ1) is 16.7. The van der Waals surface area contributed by atoms with E-state index in [0.717, 1.165) is 35.0 Å². The first-order valence-corrected chi connectivity index (χ1v) is 8.22. The van der Waals surface area contributed by atoms with Gasteiger partial charge in [-0.25, -0.2) is 4.39 Å². The van der Waals surface area contributed by atoms with Crippen LogP contribution in [0.3, 0.4) is 0 Å². The van der Waals surface area contributed by atoms with Crippen molar-refractivity contribution in [2.45, 2.75) is 44.6 Å². The minimum atomic E-state index is -0.413. The molecule has 3 aromatic rings. The zero-order valence-corrected chi connectivity index (χ0v) is 14.4. The van der Waals surface area contributed by atoms with E-state index in [2.05, 4.69) is 36.8 Å². The quantitative estimate of drug-likeness (QED) is 0.733. The molecule has 0 saturated carbocycles. The van der Waals surface area contributed by atoms with E-state index in [-0.39, 0.29) is 11.2 Å². The second-order valence-corrected chi connectivity index (χ2v) is 7.66. The Hall–Kier alpha value is -2.20. The van der Waals surface area contributed by atoms with Crippen molar-refractivity contribution < 1.29 is 4.39 Å². The normalized spacial score (nSPS) is 14.7. The summed E-state index contributed by atoms with van der Waals surface area (Å²) in [5.41, 5.74) is 9.07. The number of H-pyrrole nitrogens is 1. The third-order valence-electron chi connectivity index (χ3n) is 4.53. The molecule has 0 aliphatic rings. The Kier molecular flexibility index (Phi) is 4.18. The van der Waals surface area contributed by atoms with Gasteiger partial charge in [-0.1, -0.05) is 26.0 Å². The van der Waals surface area contributed by atoms with Crippen LogP contribution in [0.15, 0.2) is 48.8 Å². The Labute approximate surface area is 142 Å². The molecule has 0 radical (unpaired) electrons. The topological polar surface area (TPSA) is 54.7 Å². The fourth-order valence-corrected chi connectivity index (χ4v) is 3.65. The van der Waals surface area contributed by atoms with Crippen LogP contribution in [0.2, 0.25) is 0 Å². The van der Waals surface area contributed by atoms with Crippen LogP contribution in [-0.2, 0) is 11.8 Å². The van der Waals surface area contributed by atoms with Gasteiger partial charge in [-0.05, 0) is 48.6 Å². The molecule has 4 heteroatoms. The Morgan fingerprint density at radius 3 is 2.67 bits per heavy atom. The highest BCUT2D eigenvalue weighted by Crippen LogP contribution is 2.33. The number of nitrogens with two attached hydrogens (primary N) is 1. The number of hydrogen-bond acceptors (Lipinski definition) is 2. The van der Waals surface area contributed by atoms with Gasteiger partial charge < -0.3 is 10.7 Å². The van der Waals surface area contributed by atoms with Gasteiger partial charge in [-0.15, -0.1) is 0 Å². The summed E-state index contributed by atoms with van der Waals surface area (Å²) in [5.74, 6) is -0.206. The van der Waals surface area contributed by atoms with Crippen LogP contribution < -0.4 is 5.73 Å². The fraction of sp³-hybridized carbons (Fsp3) is 0.350. The number of nitrogens with zero attached hydrogens (tertiary/aromatic N) is 1. The average Bonchev–Trinajstić information content (AvgIpc) is 2.87. The molecule has 3 nitrogen and oxygen atoms in total. The lowest BCUT2D eigenvalue weighted by molar-refractivity contribution is 0.323. The molecule has 24 heavy (non-hydrogen) atoms. The van der Waals surface area contributed by atoms with Crippen LogP contribution >= 0.6 is 0 Å². The standard InChI is InChI=1S/C20H24FN3/c1-19(2,15-5-4-6-16(21)10-15)13-20(3,22)11-17-9-14-7-8-23-12-18(14)24-17/h4-10,12,24H,11,13,22H2,1-3H3. The zero-order valence-electron chi connectivity index (χ0n) is 14.4. The van der Waals surface area contributed by atoms with Crippen molar-refractivity contribution >= 4 is 10.9 Å². The second-order valence-electron chi connectivity index (χ2n) is 7.66. The van der Waals surface area contributed by atoms with Crippen molar-refractivity contribution in [3.8, 4) is 0 Å². The van der Waals surface area contributed by atoms with E-state index in [0.29, 0.717) is 0 Å². The Morgan fingerprint density at radius 1 is 1.17 bits per heavy atom. The van der Waals surface area contributed by atoms with E-state index in [9.17, 15) is 4.39 Å². The summed E-state index contributed by atoms with van der Waals surface area (Å²) >= 11 is 0. The van der Waals surface area contributed by atoms with E-state index in [4.69, 9.17) is 5.73 Å². The number of hydrogen-bond donors (Lipinski definition) is 2. The maximum atomic E-state index is 13.6. The molecular formula is C20H24FN3. The SMILES string of the molecule is CC(N)(Cc1cc2ccncc2[nH]1)CC(C)(C)c1cccc(F)c1. The molecule has 2 heterocycles. The number of halogens is 1. The maximum Gasteiger partial charge on any atom is 0.123 e. The van der Waals surface area contributed by atoms with Gasteiger partial charge in [0.1, 0.15) is 5.82 Å². The summed E-state index contributed by atoms with van der Waals surface area (Å²) in [7, 11) is 0. The Morgan fingerprint density at radius 2 is 1.96 bits per heavy atom. The number of pyridine rings is 1. The average molecular weight is 325 g/mol. The molecule has 3 N–H and O–H groups in total. The van der Waals surface area contributed by atoms with E-state index in [1.165, 1.54) is 6.07 Å². The van der Waals surface area contributed by atoms with Gasteiger partial charge in [-0.3, -0.25) is 4.98 Å². The molecule has 0 aliphatic heterocycles. The smallest absolute Gasteiger partial charge is 0.123 e. The monoisotopic (exact) mass is 325 g/mol. The van der Waals surface area contributed by atoms with Crippen LogP contribution in [-0.4, -0.2) is 15.5 Å². The summed E-state index contributed by atoms with van der Waals surface area (Å²) < 4.78 is 13.6. The summed E-state index contributed by atoms with van der Waals surface area (Å²) in [6.45, 7) is 6.28. The molecule has 0 spiro atoms. The van der Waals surface area contributed by atoms with Crippen LogP contribution in [0.1, 0.15) is 38.4 Å². The van der Waals surface area contributed by atoms with Crippen LogP contribution in [0, 0.1) is 5.82 Å². The van der Waals surface area contributed by atoms with Gasteiger partial charge in [0.2, 0.25) is 0 Å². The Bertz CT molecular complexity index is 816. The first-order valence-electron chi connectivity index (χ1n) is 8.22. The molecule has 1 unspecified atom stereocenters. The molecule has 126 valence electrons. The summed E-state index contributed by atoms with van der Waals surface area (Å²) in [5, 5.41) is 1.14. The van der Waals surface area contributed by atoms with Gasteiger partial charge in [0.05, 0.1) is 11.7 Å². The number of benzene rings is 1. The van der Waals surface area contributed by atoms with E-state index in [1.54, 1.807) is 18.3 Å². The van der Waals surface area contributed by atoms with Gasteiger partial charge >= 0.3 is 0 Å². The molecule has 3 rings (SSSR count). The molecule has 2 aromatic heterocycles. The lowest BCUT2D eigenvalue weighted by atomic mass is 9.73. The predicted octanol–water partition coefficient (Wildman–Crippen LogP) is 4.33. The minimum Gasteiger partial charge on any atom is -0.357 e. The van der Waals surface area contributed by atoms with Crippen molar-refractivity contribution in [3.05, 3.63) is 65.9 Å². The molecule has 1 aromatic carbocycles. The third-order valence-corrected chi connectivity index (χ3v) is 4.53. The molecule has 0 fully saturated rings. The van der Waals surface area contributed by atoms with Crippen molar-refractivity contribution in [2.75, 3.05) is 0 Å². The van der Waals surface area contributed by atoms with Gasteiger partial charge in [0.25, 0.3) is 0 Å². The van der Waals surface area contributed by atoms with Crippen LogP contribution in [0.25, 0.3) is 10.9 Å². The maximum absolute atomic E-state index is 13.6. The molecule has 0 amide bonds. The summed E-state index contributed by atoms with van der Waals surface area (Å²) in [4.78, 5) is 7.52. The number of rotatable bonds is 5. The third kappa shape index (κ3) is 3.65. The van der Waals surface area contributed by atoms with Crippen molar-refractivity contribution in [2.24, 2.45) is 5.73 Å². The number of aromatic nitrogens is 2. The van der Waals surface area contributed by atoms with Crippen LogP contribution in [0.4, 0.5) is 4.39 Å². The van der Waals surface area contributed by atoms with E-state index in [1.807, 2.05) is 18.3 Å². The van der Waals surface area contributed by atoms with Crippen molar-refractivity contribution in [1.29, 1.82) is 0 Å². The predicted molar refractivity (Wildman–Crippen MR) is 96.4 cm³/mol. The molecule has 0 bridgehead atoms. The highest BCUT2D eigenvalue weighted by molar-refractivity contribution is 5.79. The lowest BCUT2D eigenvalue weighted by Crippen LogP contribution is -2.44. The molecule has 0 saturated heterocycles. The molecule has 1 atom stereocenters. The van der Waals surface area contributed by atoms with Gasteiger partial charge in [0.15, 0.2) is 0 Å².